The van der Waals surface area contributed by atoms with Gasteiger partial charge in [0.1, 0.15) is 5.75 Å². The summed E-state index contributed by atoms with van der Waals surface area (Å²) in [5, 5.41) is 3.97. The van der Waals surface area contributed by atoms with Gasteiger partial charge in [0.15, 0.2) is 23.9 Å². The van der Waals surface area contributed by atoms with Crippen molar-refractivity contribution in [1.29, 1.82) is 0 Å². The molecule has 0 atom stereocenters. The molecule has 2 heterocycles. The minimum absolute atomic E-state index is 0.385. The Bertz CT molecular complexity index is 1170. The molecule has 0 aliphatic heterocycles. The van der Waals surface area contributed by atoms with Gasteiger partial charge in [-0.25, -0.2) is 0 Å². The summed E-state index contributed by atoms with van der Waals surface area (Å²) in [6.07, 6.45) is 3.94. The molecule has 0 radical (unpaired) electrons. The molecule has 0 spiro atoms. The van der Waals surface area contributed by atoms with E-state index in [0.29, 0.717) is 11.5 Å². The predicted molar refractivity (Wildman–Crippen MR) is 99.0 cm³/mol. The van der Waals surface area contributed by atoms with Crippen LogP contribution in [0.3, 0.4) is 0 Å². The maximum atomic E-state index is 11.5. The van der Waals surface area contributed by atoms with Gasteiger partial charge in [0.05, 0.1) is 25.0 Å². The Kier molecular flexibility index (Phi) is 3.84. The van der Waals surface area contributed by atoms with Crippen molar-refractivity contribution in [2.24, 2.45) is 0 Å². The lowest BCUT2D eigenvalue weighted by atomic mass is 10.1. The zero-order valence-corrected chi connectivity index (χ0v) is 14.8. The van der Waals surface area contributed by atoms with Gasteiger partial charge >= 0.3 is 5.97 Å². The number of pyridine rings is 2. The standard InChI is InChI=1S/C21H18NO4/c1-13(23)26-21-18-12-22-9-8-14-4-6-16(24-2)11-17(14)19(22)10-15(18)5-7-20(21)25-3/h4-12H,1-3H3/q+1. The summed E-state index contributed by atoms with van der Waals surface area (Å²) in [4.78, 5) is 11.5. The van der Waals surface area contributed by atoms with Crippen LogP contribution in [0.5, 0.6) is 17.2 Å². The minimum Gasteiger partial charge on any atom is -0.497 e. The molecular weight excluding hydrogens is 330 g/mol. The maximum absolute atomic E-state index is 11.5. The molecule has 130 valence electrons. The average molecular weight is 348 g/mol. The summed E-state index contributed by atoms with van der Waals surface area (Å²) >= 11 is 0. The number of rotatable bonds is 3. The molecule has 0 amide bonds. The van der Waals surface area contributed by atoms with Gasteiger partial charge < -0.3 is 14.2 Å². The van der Waals surface area contributed by atoms with Gasteiger partial charge in [0, 0.05) is 19.1 Å². The monoisotopic (exact) mass is 348 g/mol. The highest BCUT2D eigenvalue weighted by Crippen LogP contribution is 2.36. The second-order valence-corrected chi connectivity index (χ2v) is 6.03. The van der Waals surface area contributed by atoms with E-state index in [1.807, 2.05) is 53.2 Å². The number of aromatic nitrogens is 1. The van der Waals surface area contributed by atoms with E-state index in [1.165, 1.54) is 6.92 Å². The molecule has 5 nitrogen and oxygen atoms in total. The van der Waals surface area contributed by atoms with E-state index in [9.17, 15) is 4.79 Å². The highest BCUT2D eigenvalue weighted by Gasteiger charge is 2.18. The Labute approximate surface area is 150 Å². The van der Waals surface area contributed by atoms with Gasteiger partial charge in [-0.15, -0.1) is 0 Å². The minimum atomic E-state index is -0.385. The van der Waals surface area contributed by atoms with Crippen LogP contribution in [0.25, 0.3) is 27.1 Å². The van der Waals surface area contributed by atoms with Crippen molar-refractivity contribution < 1.29 is 23.4 Å². The number of esters is 1. The first-order chi connectivity index (χ1) is 12.6. The van der Waals surface area contributed by atoms with Crippen LogP contribution in [0.2, 0.25) is 0 Å². The molecule has 0 aliphatic rings. The first-order valence-electron chi connectivity index (χ1n) is 8.21. The molecular formula is C21H18NO4+. The van der Waals surface area contributed by atoms with E-state index in [2.05, 4.69) is 6.07 Å². The lowest BCUT2D eigenvalue weighted by molar-refractivity contribution is -0.509. The van der Waals surface area contributed by atoms with Crippen LogP contribution in [-0.2, 0) is 4.79 Å². The first kappa shape index (κ1) is 16.1. The van der Waals surface area contributed by atoms with Gasteiger partial charge in [-0.05, 0) is 35.0 Å². The van der Waals surface area contributed by atoms with Gasteiger partial charge in [-0.2, -0.15) is 4.40 Å². The normalized spacial score (nSPS) is 11.0. The molecule has 2 aromatic heterocycles. The van der Waals surface area contributed by atoms with E-state index < -0.39 is 0 Å². The summed E-state index contributed by atoms with van der Waals surface area (Å²) in [6.45, 7) is 1.38. The molecule has 0 aliphatic carbocycles. The van der Waals surface area contributed by atoms with E-state index in [0.717, 1.165) is 32.8 Å². The van der Waals surface area contributed by atoms with Crippen LogP contribution in [0.4, 0.5) is 0 Å². The van der Waals surface area contributed by atoms with Crippen molar-refractivity contribution in [3.8, 4) is 17.2 Å². The number of hydrogen-bond acceptors (Lipinski definition) is 4. The quantitative estimate of drug-likeness (QED) is 0.186. The fourth-order valence-electron chi connectivity index (χ4n) is 3.22. The van der Waals surface area contributed by atoms with Crippen molar-refractivity contribution in [3.05, 3.63) is 54.9 Å². The molecule has 2 aromatic carbocycles. The lowest BCUT2D eigenvalue weighted by Gasteiger charge is -2.10. The lowest BCUT2D eigenvalue weighted by Crippen LogP contribution is -2.21. The molecule has 4 aromatic rings. The molecule has 0 saturated carbocycles. The van der Waals surface area contributed by atoms with Gasteiger partial charge in [0.25, 0.3) is 0 Å². The molecule has 26 heavy (non-hydrogen) atoms. The topological polar surface area (TPSA) is 48.9 Å². The average Bonchev–Trinajstić information content (AvgIpc) is 2.66. The van der Waals surface area contributed by atoms with Gasteiger partial charge in [-0.3, -0.25) is 4.79 Å². The Morgan fingerprint density at radius 2 is 1.73 bits per heavy atom. The summed E-state index contributed by atoms with van der Waals surface area (Å²) in [5.41, 5.74) is 1.04. The van der Waals surface area contributed by atoms with Crippen molar-refractivity contribution in [2.45, 2.75) is 6.92 Å². The smallest absolute Gasteiger partial charge is 0.308 e. The van der Waals surface area contributed by atoms with E-state index in [-0.39, 0.29) is 5.97 Å². The van der Waals surface area contributed by atoms with Crippen molar-refractivity contribution in [2.75, 3.05) is 14.2 Å². The zero-order valence-electron chi connectivity index (χ0n) is 14.8. The number of carbonyl (C=O) groups is 1. The van der Waals surface area contributed by atoms with E-state index in [1.54, 1.807) is 14.2 Å². The van der Waals surface area contributed by atoms with Crippen LogP contribution >= 0.6 is 0 Å². The highest BCUT2D eigenvalue weighted by molar-refractivity contribution is 6.00. The van der Waals surface area contributed by atoms with Crippen molar-refractivity contribution >= 4 is 33.0 Å². The predicted octanol–water partition coefficient (Wildman–Crippen LogP) is 3.67. The van der Waals surface area contributed by atoms with Crippen LogP contribution in [0.15, 0.2) is 54.9 Å². The summed E-state index contributed by atoms with van der Waals surface area (Å²) < 4.78 is 18.2. The van der Waals surface area contributed by atoms with Crippen LogP contribution < -0.4 is 18.6 Å². The Morgan fingerprint density at radius 1 is 0.923 bits per heavy atom. The fourth-order valence-corrected chi connectivity index (χ4v) is 3.22. The van der Waals surface area contributed by atoms with E-state index in [4.69, 9.17) is 14.2 Å². The van der Waals surface area contributed by atoms with Crippen molar-refractivity contribution in [3.63, 3.8) is 0 Å². The number of carbonyl (C=O) groups excluding carboxylic acids is 1. The summed E-state index contributed by atoms with van der Waals surface area (Å²) in [5.74, 6) is 1.37. The van der Waals surface area contributed by atoms with Crippen LogP contribution in [0, 0.1) is 0 Å². The second-order valence-electron chi connectivity index (χ2n) is 6.03. The third-order valence-electron chi connectivity index (χ3n) is 4.45. The SMILES string of the molecule is COc1ccc2cc[n+]3cc4c(OC(C)=O)c(OC)ccc4cc3c2c1. The second kappa shape index (κ2) is 6.19. The largest absolute Gasteiger partial charge is 0.497 e. The molecule has 0 N–H and O–H groups in total. The third kappa shape index (κ3) is 2.58. The molecule has 0 unspecified atom stereocenters. The van der Waals surface area contributed by atoms with E-state index >= 15 is 0 Å². The maximum Gasteiger partial charge on any atom is 0.308 e. The zero-order chi connectivity index (χ0) is 18.3. The molecule has 5 heteroatoms. The number of nitrogens with zero attached hydrogens (tertiary/aromatic N) is 1. The molecule has 4 rings (SSSR count). The first-order valence-corrected chi connectivity index (χ1v) is 8.21. The Morgan fingerprint density at radius 3 is 2.46 bits per heavy atom. The number of fused-ring (bicyclic) bond motifs is 4. The summed E-state index contributed by atoms with van der Waals surface area (Å²) in [6, 6.07) is 13.9. The number of hydrogen-bond donors (Lipinski definition) is 0. The summed E-state index contributed by atoms with van der Waals surface area (Å²) in [7, 11) is 3.22. The van der Waals surface area contributed by atoms with Crippen LogP contribution in [0.1, 0.15) is 6.92 Å². The molecule has 0 fully saturated rings. The number of benzene rings is 2. The number of ether oxygens (including phenoxy) is 3. The Balaban J connectivity index is 2.08. The van der Waals surface area contributed by atoms with Gasteiger partial charge in [-0.1, -0.05) is 6.07 Å². The molecule has 0 bridgehead atoms. The Hall–Kier alpha value is -3.34. The van der Waals surface area contributed by atoms with Crippen LogP contribution in [-0.4, -0.2) is 20.2 Å². The fraction of sp³-hybridized carbons (Fsp3) is 0.143. The third-order valence-corrected chi connectivity index (χ3v) is 4.45. The van der Waals surface area contributed by atoms with Crippen molar-refractivity contribution in [1.82, 2.24) is 0 Å². The number of methoxy groups -OCH3 is 2. The molecule has 0 saturated heterocycles. The highest BCUT2D eigenvalue weighted by atomic mass is 16.6. The van der Waals surface area contributed by atoms with Gasteiger partial charge in [0.2, 0.25) is 5.52 Å².